The Hall–Kier alpha value is -3.46. The molecule has 2 aliphatic rings. The number of benzene rings is 1. The van der Waals surface area contributed by atoms with Gasteiger partial charge in [0.25, 0.3) is 0 Å². The number of fused-ring (bicyclic) bond motifs is 1. The lowest BCUT2D eigenvalue weighted by atomic mass is 9.62. The molecular weight excluding hydrogens is 533 g/mol. The van der Waals surface area contributed by atoms with Crippen LogP contribution in [0.1, 0.15) is 48.9 Å². The van der Waals surface area contributed by atoms with Crippen LogP contribution in [0.5, 0.6) is 0 Å². The van der Waals surface area contributed by atoms with Crippen molar-refractivity contribution >= 4 is 40.7 Å². The van der Waals surface area contributed by atoms with Gasteiger partial charge in [-0.1, -0.05) is 0 Å². The van der Waals surface area contributed by atoms with Gasteiger partial charge in [0.2, 0.25) is 5.95 Å². The van der Waals surface area contributed by atoms with Gasteiger partial charge in [0, 0.05) is 35.3 Å². The van der Waals surface area contributed by atoms with Crippen LogP contribution in [0, 0.1) is 11.6 Å². The number of morpholine rings is 1. The summed E-state index contributed by atoms with van der Waals surface area (Å²) in [6.45, 7) is 2.51. The van der Waals surface area contributed by atoms with Crippen LogP contribution in [-0.4, -0.2) is 87.8 Å². The summed E-state index contributed by atoms with van der Waals surface area (Å²) in [5, 5.41) is 32.3. The van der Waals surface area contributed by atoms with E-state index in [4.69, 9.17) is 28.3 Å². The quantitative estimate of drug-likeness (QED) is 0.229. The Morgan fingerprint density at radius 2 is 1.76 bits per heavy atom. The standard InChI is InChI=1S/C25H22B3F2N7O4/c1-11-8-36(10-17(41-11)12-7-31-37(9-12)14-3-4-14)23-33-18(15-5-2-13(29)6-16(15)30)19-22(35-23)34-21(25(28,39)40)20(32-19)24(26,27)38/h2,5-7,9,11,14,17,38-40H,3-4,8,10H2,1H3. The molecule has 0 spiro atoms. The van der Waals surface area contributed by atoms with Gasteiger partial charge in [-0.15, -0.1) is 0 Å². The molecule has 2 atom stereocenters. The second-order valence-corrected chi connectivity index (χ2v) is 10.5. The maximum Gasteiger partial charge on any atom is 0.228 e. The SMILES string of the molecule is [B]C([B])(O)c1nc2c(-c3ccc(F)cc3F)nc(N3CC(C)OC(c4cnn(C5CC5)c4)C3)nc2nc1C([B])(O)O. The summed E-state index contributed by atoms with van der Waals surface area (Å²) in [6.07, 6.45) is 5.18. The molecule has 3 N–H and O–H groups in total. The second-order valence-electron chi connectivity index (χ2n) is 10.5. The van der Waals surface area contributed by atoms with Crippen LogP contribution in [0.2, 0.25) is 0 Å². The van der Waals surface area contributed by atoms with Crippen molar-refractivity contribution in [2.45, 2.75) is 49.1 Å². The van der Waals surface area contributed by atoms with E-state index in [1.807, 2.05) is 17.8 Å². The molecule has 11 nitrogen and oxygen atoms in total. The van der Waals surface area contributed by atoms with Gasteiger partial charge in [0.15, 0.2) is 19.2 Å². The molecule has 1 saturated heterocycles. The highest BCUT2D eigenvalue weighted by molar-refractivity contribution is 6.38. The van der Waals surface area contributed by atoms with Crippen LogP contribution in [0.15, 0.2) is 30.6 Å². The van der Waals surface area contributed by atoms with Crippen LogP contribution in [-0.2, 0) is 15.8 Å². The Morgan fingerprint density at radius 3 is 2.41 bits per heavy atom. The molecule has 0 amide bonds. The van der Waals surface area contributed by atoms with Crippen molar-refractivity contribution in [3.63, 3.8) is 0 Å². The molecule has 41 heavy (non-hydrogen) atoms. The van der Waals surface area contributed by atoms with Crippen molar-refractivity contribution < 1.29 is 28.8 Å². The summed E-state index contributed by atoms with van der Waals surface area (Å²) in [6, 6.07) is 3.26. The van der Waals surface area contributed by atoms with Crippen LogP contribution in [0.4, 0.5) is 14.7 Å². The molecule has 1 aromatic carbocycles. The van der Waals surface area contributed by atoms with E-state index < -0.39 is 40.2 Å². The van der Waals surface area contributed by atoms with Gasteiger partial charge in [-0.3, -0.25) is 4.68 Å². The van der Waals surface area contributed by atoms with Gasteiger partial charge in [0.1, 0.15) is 50.3 Å². The van der Waals surface area contributed by atoms with Crippen molar-refractivity contribution in [3.8, 4) is 11.3 Å². The first kappa shape index (κ1) is 27.7. The van der Waals surface area contributed by atoms with E-state index >= 15 is 4.39 Å². The molecule has 4 aromatic rings. The lowest BCUT2D eigenvalue weighted by Crippen LogP contribution is -2.43. The Bertz CT molecular complexity index is 1640. The maximum atomic E-state index is 15.1. The number of anilines is 1. The summed E-state index contributed by atoms with van der Waals surface area (Å²) >= 11 is 0. The lowest BCUT2D eigenvalue weighted by molar-refractivity contribution is -0.0961. The summed E-state index contributed by atoms with van der Waals surface area (Å²) < 4.78 is 36.9. The Balaban J connectivity index is 1.51. The molecule has 3 aromatic heterocycles. The van der Waals surface area contributed by atoms with Gasteiger partial charge < -0.3 is 25.0 Å². The lowest BCUT2D eigenvalue weighted by Gasteiger charge is -2.36. The van der Waals surface area contributed by atoms with E-state index in [1.165, 1.54) is 0 Å². The first-order chi connectivity index (χ1) is 19.3. The fourth-order valence-electron chi connectivity index (χ4n) is 4.84. The van der Waals surface area contributed by atoms with Crippen molar-refractivity contribution in [3.05, 3.63) is 59.2 Å². The number of hydrogen-bond donors (Lipinski definition) is 3. The van der Waals surface area contributed by atoms with Crippen LogP contribution in [0.3, 0.4) is 0 Å². The van der Waals surface area contributed by atoms with Crippen LogP contribution in [0.25, 0.3) is 22.4 Å². The zero-order valence-corrected chi connectivity index (χ0v) is 21.8. The fraction of sp³-hybridized carbons (Fsp3) is 0.400. The third-order valence-electron chi connectivity index (χ3n) is 6.89. The number of halogens is 2. The predicted molar refractivity (Wildman–Crippen MR) is 144 cm³/mol. The highest BCUT2D eigenvalue weighted by atomic mass is 19.1. The average molecular weight is 555 g/mol. The average Bonchev–Trinajstić information content (AvgIpc) is 3.62. The molecule has 0 bridgehead atoms. The molecule has 1 aliphatic carbocycles. The van der Waals surface area contributed by atoms with E-state index in [0.717, 1.165) is 30.5 Å². The molecule has 16 heteroatoms. The van der Waals surface area contributed by atoms with Crippen LogP contribution >= 0.6 is 0 Å². The highest BCUT2D eigenvalue weighted by Crippen LogP contribution is 2.37. The smallest absolute Gasteiger partial charge is 0.228 e. The van der Waals surface area contributed by atoms with Crippen molar-refractivity contribution in [2.24, 2.45) is 0 Å². The van der Waals surface area contributed by atoms with E-state index in [9.17, 15) is 19.7 Å². The van der Waals surface area contributed by atoms with E-state index in [2.05, 4.69) is 25.0 Å². The molecular formula is C25H22B3F2N7O4. The Labute approximate surface area is 236 Å². The van der Waals surface area contributed by atoms with Gasteiger partial charge in [0.05, 0.1) is 30.6 Å². The highest BCUT2D eigenvalue weighted by Gasteiger charge is 2.35. The van der Waals surface area contributed by atoms with E-state index in [1.54, 1.807) is 11.1 Å². The molecule has 2 fully saturated rings. The molecule has 6 rings (SSSR count). The van der Waals surface area contributed by atoms with Crippen molar-refractivity contribution in [2.75, 3.05) is 18.0 Å². The molecule has 6 radical (unpaired) electrons. The number of aromatic nitrogens is 6. The van der Waals surface area contributed by atoms with E-state index in [0.29, 0.717) is 25.2 Å². The predicted octanol–water partition coefficient (Wildman–Crippen LogP) is 0.566. The molecule has 1 saturated carbocycles. The second kappa shape index (κ2) is 9.83. The number of ether oxygens (including phenoxy) is 1. The first-order valence-electron chi connectivity index (χ1n) is 12.8. The zero-order valence-electron chi connectivity index (χ0n) is 21.8. The largest absolute Gasteiger partial charge is 0.403 e. The third-order valence-corrected chi connectivity index (χ3v) is 6.89. The van der Waals surface area contributed by atoms with Gasteiger partial charge in [-0.25, -0.2) is 23.7 Å². The molecule has 204 valence electrons. The van der Waals surface area contributed by atoms with Crippen molar-refractivity contribution in [1.29, 1.82) is 0 Å². The number of hydrogen-bond acceptors (Lipinski definition) is 10. The maximum absolute atomic E-state index is 15.1. The van der Waals surface area contributed by atoms with Crippen molar-refractivity contribution in [1.82, 2.24) is 29.7 Å². The summed E-state index contributed by atoms with van der Waals surface area (Å²) in [7, 11) is 16.7. The number of rotatable bonds is 6. The summed E-state index contributed by atoms with van der Waals surface area (Å²) in [4.78, 5) is 19.1. The minimum absolute atomic E-state index is 0.0771. The molecule has 2 unspecified atom stereocenters. The number of aliphatic hydroxyl groups is 3. The minimum Gasteiger partial charge on any atom is -0.403 e. The Kier molecular flexibility index (Phi) is 6.64. The summed E-state index contributed by atoms with van der Waals surface area (Å²) in [5.41, 5.74) is -4.52. The fourth-order valence-corrected chi connectivity index (χ4v) is 4.84. The molecule has 4 heterocycles. The normalized spacial score (nSPS) is 20.1. The van der Waals surface area contributed by atoms with Crippen LogP contribution < -0.4 is 4.90 Å². The Morgan fingerprint density at radius 1 is 1.00 bits per heavy atom. The molecule has 1 aliphatic heterocycles. The van der Waals surface area contributed by atoms with E-state index in [-0.39, 0.29) is 34.5 Å². The number of nitrogens with zero attached hydrogens (tertiary/aromatic N) is 7. The third kappa shape index (κ3) is 5.44. The summed E-state index contributed by atoms with van der Waals surface area (Å²) in [5.74, 6) is -1.70. The van der Waals surface area contributed by atoms with Gasteiger partial charge in [-0.2, -0.15) is 10.1 Å². The zero-order chi connectivity index (χ0) is 29.3. The first-order valence-corrected chi connectivity index (χ1v) is 12.8. The van der Waals surface area contributed by atoms with Gasteiger partial charge >= 0.3 is 0 Å². The monoisotopic (exact) mass is 555 g/mol. The topological polar surface area (TPSA) is 143 Å². The minimum atomic E-state index is -3.13. The van der Waals surface area contributed by atoms with Gasteiger partial charge in [-0.05, 0) is 31.9 Å².